The number of hydrogen-bond donors (Lipinski definition) is 0. The van der Waals surface area contributed by atoms with Gasteiger partial charge in [0.25, 0.3) is 11.8 Å². The molecule has 146 valence electrons. The summed E-state index contributed by atoms with van der Waals surface area (Å²) in [6, 6.07) is 8.61. The van der Waals surface area contributed by atoms with Crippen LogP contribution < -0.4 is 9.64 Å². The maximum atomic E-state index is 13.1. The molecule has 2 amide bonds. The molecule has 0 saturated carbocycles. The molecular formula is C20H16F3NO4. The molecule has 8 heteroatoms. The fraction of sp³-hybridized carbons (Fsp3) is 0.200. The Hall–Kier alpha value is -3.29. The number of hydrogen-bond acceptors (Lipinski definition) is 4. The first-order valence-electron chi connectivity index (χ1n) is 8.34. The largest absolute Gasteiger partial charge is 0.501 e. The Morgan fingerprint density at radius 3 is 2.43 bits per heavy atom. The monoisotopic (exact) mass is 391 g/mol. The molecule has 0 unspecified atom stereocenters. The number of methoxy groups -OCH3 is 1. The lowest BCUT2D eigenvalue weighted by Crippen LogP contribution is -2.42. The summed E-state index contributed by atoms with van der Waals surface area (Å²) >= 11 is 0. The van der Waals surface area contributed by atoms with E-state index in [0.717, 1.165) is 18.2 Å². The van der Waals surface area contributed by atoms with Crippen LogP contribution in [0.3, 0.4) is 0 Å². The third-order valence-corrected chi connectivity index (χ3v) is 4.18. The van der Waals surface area contributed by atoms with Crippen LogP contribution in [0.4, 0.5) is 18.9 Å². The Bertz CT molecular complexity index is 966. The maximum Gasteiger partial charge on any atom is 0.416 e. The molecule has 0 fully saturated rings. The minimum atomic E-state index is -4.61. The average molecular weight is 391 g/mol. The number of nitrogens with zero attached hydrogens (tertiary/aromatic N) is 1. The fourth-order valence-corrected chi connectivity index (χ4v) is 2.85. The van der Waals surface area contributed by atoms with Gasteiger partial charge in [0.15, 0.2) is 0 Å². The molecule has 0 radical (unpaired) electrons. The van der Waals surface area contributed by atoms with E-state index in [9.17, 15) is 22.8 Å². The Morgan fingerprint density at radius 2 is 1.79 bits per heavy atom. The zero-order valence-electron chi connectivity index (χ0n) is 15.0. The molecule has 1 heterocycles. The van der Waals surface area contributed by atoms with Crippen molar-refractivity contribution in [2.75, 3.05) is 18.6 Å². The molecule has 0 aromatic heterocycles. The van der Waals surface area contributed by atoms with Crippen LogP contribution in [0.5, 0.6) is 5.75 Å². The van der Waals surface area contributed by atoms with E-state index < -0.39 is 23.6 Å². The highest BCUT2D eigenvalue weighted by atomic mass is 19.4. The molecule has 0 spiro atoms. The molecule has 3 rings (SSSR count). The van der Waals surface area contributed by atoms with E-state index in [0.29, 0.717) is 16.2 Å². The third kappa shape index (κ3) is 3.45. The number of amides is 2. The van der Waals surface area contributed by atoms with Crippen LogP contribution in [-0.2, 0) is 15.7 Å². The van der Waals surface area contributed by atoms with E-state index in [2.05, 4.69) is 0 Å². The second-order valence-electron chi connectivity index (χ2n) is 5.89. The zero-order valence-corrected chi connectivity index (χ0v) is 15.0. The normalized spacial score (nSPS) is 15.6. The van der Waals surface area contributed by atoms with Gasteiger partial charge in [-0.1, -0.05) is 6.07 Å². The van der Waals surface area contributed by atoms with Crippen molar-refractivity contribution in [1.82, 2.24) is 0 Å². The van der Waals surface area contributed by atoms with Gasteiger partial charge in [-0.2, -0.15) is 13.2 Å². The van der Waals surface area contributed by atoms with Gasteiger partial charge in [-0.3, -0.25) is 9.59 Å². The Labute approximate surface area is 159 Å². The van der Waals surface area contributed by atoms with E-state index in [-0.39, 0.29) is 23.4 Å². The van der Waals surface area contributed by atoms with Crippen molar-refractivity contribution >= 4 is 23.1 Å². The summed E-state index contributed by atoms with van der Waals surface area (Å²) in [5.41, 5.74) is -0.621. The van der Waals surface area contributed by atoms with Gasteiger partial charge in [0, 0.05) is 5.56 Å². The standard InChI is InChI=1S/C20H16F3NO4/c1-3-28-11-17-15-8-7-14(27-2)10-16(15)18(25)24(19(17)26)13-6-4-5-12(9-13)20(21,22)23/h4-11H,3H2,1-2H3/b17-11+. The summed E-state index contributed by atoms with van der Waals surface area (Å²) in [7, 11) is 1.42. The highest BCUT2D eigenvalue weighted by Gasteiger charge is 2.38. The Kier molecular flexibility index (Phi) is 5.13. The highest BCUT2D eigenvalue weighted by molar-refractivity contribution is 6.41. The molecule has 0 aliphatic carbocycles. The molecule has 1 aliphatic heterocycles. The van der Waals surface area contributed by atoms with Gasteiger partial charge in [-0.25, -0.2) is 4.90 Å². The number of anilines is 1. The number of rotatable bonds is 4. The number of alkyl halides is 3. The maximum absolute atomic E-state index is 13.1. The van der Waals surface area contributed by atoms with Crippen LogP contribution in [0.2, 0.25) is 0 Å². The predicted molar refractivity (Wildman–Crippen MR) is 95.9 cm³/mol. The van der Waals surface area contributed by atoms with Crippen LogP contribution in [-0.4, -0.2) is 25.5 Å². The SMILES string of the molecule is CCO/C=C1/C(=O)N(c2cccc(C(F)(F)F)c2)C(=O)c2cc(OC)ccc21. The van der Waals surface area contributed by atoms with Crippen LogP contribution in [0.15, 0.2) is 48.7 Å². The number of benzene rings is 2. The topological polar surface area (TPSA) is 55.8 Å². The van der Waals surface area contributed by atoms with Gasteiger partial charge >= 0.3 is 6.18 Å². The molecule has 0 atom stereocenters. The summed E-state index contributed by atoms with van der Waals surface area (Å²) < 4.78 is 49.6. The van der Waals surface area contributed by atoms with E-state index in [4.69, 9.17) is 9.47 Å². The number of carbonyl (C=O) groups is 2. The highest BCUT2D eigenvalue weighted by Crippen LogP contribution is 2.36. The van der Waals surface area contributed by atoms with Crippen LogP contribution in [0, 0.1) is 0 Å². The van der Waals surface area contributed by atoms with E-state index >= 15 is 0 Å². The van der Waals surface area contributed by atoms with Gasteiger partial charge in [0.1, 0.15) is 5.75 Å². The lowest BCUT2D eigenvalue weighted by atomic mass is 9.93. The summed E-state index contributed by atoms with van der Waals surface area (Å²) in [5.74, 6) is -1.14. The van der Waals surface area contributed by atoms with E-state index in [1.807, 2.05) is 0 Å². The summed E-state index contributed by atoms with van der Waals surface area (Å²) in [5, 5.41) is 0. The van der Waals surface area contributed by atoms with Crippen LogP contribution in [0.1, 0.15) is 28.4 Å². The van der Waals surface area contributed by atoms with Crippen molar-refractivity contribution in [1.29, 1.82) is 0 Å². The van der Waals surface area contributed by atoms with Crippen molar-refractivity contribution in [2.24, 2.45) is 0 Å². The fourth-order valence-electron chi connectivity index (χ4n) is 2.85. The summed E-state index contributed by atoms with van der Waals surface area (Å²) in [4.78, 5) is 26.7. The van der Waals surface area contributed by atoms with Crippen LogP contribution >= 0.6 is 0 Å². The molecule has 0 saturated heterocycles. The van der Waals surface area contributed by atoms with Crippen molar-refractivity contribution in [3.8, 4) is 5.75 Å². The Balaban J connectivity index is 2.17. The van der Waals surface area contributed by atoms with Gasteiger partial charge in [0.2, 0.25) is 0 Å². The van der Waals surface area contributed by atoms with Crippen LogP contribution in [0.25, 0.3) is 5.57 Å². The molecular weight excluding hydrogens is 375 g/mol. The number of imide groups is 1. The third-order valence-electron chi connectivity index (χ3n) is 4.18. The molecule has 28 heavy (non-hydrogen) atoms. The van der Waals surface area contributed by atoms with Crippen molar-refractivity contribution < 1.29 is 32.2 Å². The number of halogens is 3. The second-order valence-corrected chi connectivity index (χ2v) is 5.89. The summed E-state index contributed by atoms with van der Waals surface area (Å²) in [6.45, 7) is 1.99. The minimum absolute atomic E-state index is 0.0662. The van der Waals surface area contributed by atoms with E-state index in [1.54, 1.807) is 13.0 Å². The molecule has 5 nitrogen and oxygen atoms in total. The zero-order chi connectivity index (χ0) is 20.5. The average Bonchev–Trinajstić information content (AvgIpc) is 2.67. The minimum Gasteiger partial charge on any atom is -0.501 e. The quantitative estimate of drug-likeness (QED) is 0.444. The number of ether oxygens (including phenoxy) is 2. The smallest absolute Gasteiger partial charge is 0.416 e. The second kappa shape index (κ2) is 7.38. The van der Waals surface area contributed by atoms with Crippen molar-refractivity contribution in [3.05, 3.63) is 65.4 Å². The Morgan fingerprint density at radius 1 is 1.04 bits per heavy atom. The first kappa shape index (κ1) is 19.5. The summed E-state index contributed by atoms with van der Waals surface area (Å²) in [6.07, 6.45) is -3.40. The first-order chi connectivity index (χ1) is 13.3. The van der Waals surface area contributed by atoms with Gasteiger partial charge < -0.3 is 9.47 Å². The first-order valence-corrected chi connectivity index (χ1v) is 8.34. The predicted octanol–water partition coefficient (Wildman–Crippen LogP) is 4.28. The molecule has 2 aromatic carbocycles. The number of fused-ring (bicyclic) bond motifs is 1. The molecule has 1 aliphatic rings. The lowest BCUT2D eigenvalue weighted by Gasteiger charge is -2.29. The molecule has 0 bridgehead atoms. The van der Waals surface area contributed by atoms with Gasteiger partial charge in [-0.05, 0) is 43.3 Å². The molecule has 2 aromatic rings. The van der Waals surface area contributed by atoms with Gasteiger partial charge in [-0.15, -0.1) is 0 Å². The molecule has 0 N–H and O–H groups in total. The van der Waals surface area contributed by atoms with Gasteiger partial charge in [0.05, 0.1) is 42.4 Å². The van der Waals surface area contributed by atoms with Crippen molar-refractivity contribution in [2.45, 2.75) is 13.1 Å². The van der Waals surface area contributed by atoms with E-state index in [1.165, 1.54) is 31.6 Å². The lowest BCUT2D eigenvalue weighted by molar-refractivity contribution is -0.137. The van der Waals surface area contributed by atoms with Crippen molar-refractivity contribution in [3.63, 3.8) is 0 Å². The number of carbonyl (C=O) groups excluding carboxylic acids is 2.